The van der Waals surface area contributed by atoms with Gasteiger partial charge in [-0.25, -0.2) is 4.79 Å². The molecule has 0 fully saturated rings. The number of rotatable bonds is 5. The van der Waals surface area contributed by atoms with E-state index in [0.717, 1.165) is 25.9 Å². The number of carbonyl (C=O) groups excluding carboxylic acids is 1. The molecule has 3 rings (SSSR count). The molecule has 0 aliphatic rings. The summed E-state index contributed by atoms with van der Waals surface area (Å²) in [6.07, 6.45) is 0. The molecule has 2 aromatic carbocycles. The van der Waals surface area contributed by atoms with E-state index in [1.807, 2.05) is 44.2 Å². The van der Waals surface area contributed by atoms with Gasteiger partial charge in [-0.15, -0.1) is 0 Å². The maximum atomic E-state index is 13.1. The van der Waals surface area contributed by atoms with Crippen LogP contribution in [-0.2, 0) is 6.54 Å². The molecule has 3 aromatic rings. The Morgan fingerprint density at radius 3 is 2.45 bits per heavy atom. The number of benzene rings is 2. The summed E-state index contributed by atoms with van der Waals surface area (Å²) < 4.78 is 2.18. The van der Waals surface area contributed by atoms with Gasteiger partial charge in [0.2, 0.25) is 5.69 Å². The minimum absolute atomic E-state index is 0.0562. The molecular formula is C22H24N4O3. The largest absolute Gasteiger partial charge is 0.352 e. The summed E-state index contributed by atoms with van der Waals surface area (Å²) in [6, 6.07) is 14.5. The van der Waals surface area contributed by atoms with Gasteiger partial charge in [0.15, 0.2) is 0 Å². The van der Waals surface area contributed by atoms with Crippen molar-refractivity contribution in [2.75, 3.05) is 0 Å². The van der Waals surface area contributed by atoms with Gasteiger partial charge in [-0.1, -0.05) is 36.4 Å². The van der Waals surface area contributed by atoms with Crippen LogP contribution in [0.5, 0.6) is 0 Å². The molecule has 0 aliphatic heterocycles. The second-order valence-electron chi connectivity index (χ2n) is 7.33. The van der Waals surface area contributed by atoms with Crippen LogP contribution in [0.4, 0.5) is 0 Å². The zero-order valence-electron chi connectivity index (χ0n) is 17.0. The van der Waals surface area contributed by atoms with E-state index >= 15 is 0 Å². The molecule has 0 unspecified atom stereocenters. The number of hydrogen-bond acceptors (Lipinski definition) is 4. The van der Waals surface area contributed by atoms with Gasteiger partial charge in [0.05, 0.1) is 12.2 Å². The van der Waals surface area contributed by atoms with Crippen LogP contribution in [-0.4, -0.2) is 26.3 Å². The number of aryl methyl sites for hydroxylation is 2. The molecule has 0 atom stereocenters. The molecule has 0 radical (unpaired) electrons. The molecule has 1 aromatic heterocycles. The minimum Gasteiger partial charge on any atom is -0.348 e. The second-order valence-corrected chi connectivity index (χ2v) is 7.33. The average Bonchev–Trinajstić information content (AvgIpc) is 2.66. The summed E-state index contributed by atoms with van der Waals surface area (Å²) in [6.45, 7) is 7.44. The van der Waals surface area contributed by atoms with E-state index in [2.05, 4.69) is 10.4 Å². The lowest BCUT2D eigenvalue weighted by Crippen LogP contribution is -2.46. The Hall–Kier alpha value is -3.48. The highest BCUT2D eigenvalue weighted by Crippen LogP contribution is 2.09. The molecule has 0 saturated carbocycles. The van der Waals surface area contributed by atoms with Crippen molar-refractivity contribution in [2.45, 2.75) is 40.3 Å². The van der Waals surface area contributed by atoms with Crippen molar-refractivity contribution in [3.05, 3.63) is 91.8 Å². The molecule has 0 spiro atoms. The minimum atomic E-state index is -0.708. The number of hydrogen-bond donors (Lipinski definition) is 1. The lowest BCUT2D eigenvalue weighted by atomic mass is 10.1. The molecule has 0 aliphatic carbocycles. The number of carbonyl (C=O) groups is 1. The van der Waals surface area contributed by atoms with Crippen molar-refractivity contribution in [3.8, 4) is 5.69 Å². The van der Waals surface area contributed by atoms with Crippen molar-refractivity contribution in [1.82, 2.24) is 19.7 Å². The lowest BCUT2D eigenvalue weighted by Gasteiger charge is -2.14. The van der Waals surface area contributed by atoms with Gasteiger partial charge in [0.1, 0.15) is 0 Å². The first kappa shape index (κ1) is 20.3. The van der Waals surface area contributed by atoms with E-state index in [1.54, 1.807) is 32.0 Å². The summed E-state index contributed by atoms with van der Waals surface area (Å²) in [7, 11) is 0. The second kappa shape index (κ2) is 8.26. The Kier molecular flexibility index (Phi) is 5.77. The first-order valence-electron chi connectivity index (χ1n) is 9.44. The quantitative estimate of drug-likeness (QED) is 0.721. The van der Waals surface area contributed by atoms with Crippen LogP contribution < -0.4 is 16.6 Å². The van der Waals surface area contributed by atoms with Gasteiger partial charge >= 0.3 is 5.69 Å². The highest BCUT2D eigenvalue weighted by atomic mass is 16.2. The van der Waals surface area contributed by atoms with Gasteiger partial charge in [-0.3, -0.25) is 14.2 Å². The number of amides is 1. The van der Waals surface area contributed by atoms with Crippen LogP contribution >= 0.6 is 0 Å². The van der Waals surface area contributed by atoms with E-state index in [4.69, 9.17) is 0 Å². The smallest absolute Gasteiger partial charge is 0.348 e. The number of nitrogens with zero attached hydrogens (tertiary/aromatic N) is 3. The fourth-order valence-corrected chi connectivity index (χ4v) is 3.01. The van der Waals surface area contributed by atoms with Gasteiger partial charge in [0.25, 0.3) is 11.5 Å². The van der Waals surface area contributed by atoms with Crippen LogP contribution in [0.2, 0.25) is 0 Å². The Labute approximate surface area is 168 Å². The molecule has 150 valence electrons. The molecule has 1 amide bonds. The molecule has 1 N–H and O–H groups in total. The predicted molar refractivity (Wildman–Crippen MR) is 112 cm³/mol. The van der Waals surface area contributed by atoms with Crippen LogP contribution in [0.3, 0.4) is 0 Å². The molecule has 7 heteroatoms. The standard InChI is InChI=1S/C22H24N4O3/c1-14(2)23-20(27)19-21(28)25(13-17-10-6-5-9-16(17)4)22(29)26(24-19)18-11-7-8-15(3)12-18/h5-12,14H,13H2,1-4H3,(H,23,27). The fourth-order valence-electron chi connectivity index (χ4n) is 3.01. The molecule has 0 saturated heterocycles. The van der Waals surface area contributed by atoms with Crippen LogP contribution in [0.25, 0.3) is 5.69 Å². The number of nitrogens with one attached hydrogen (secondary N) is 1. The lowest BCUT2D eigenvalue weighted by molar-refractivity contribution is 0.0933. The van der Waals surface area contributed by atoms with E-state index in [9.17, 15) is 14.4 Å². The Bertz CT molecular complexity index is 1180. The van der Waals surface area contributed by atoms with Crippen molar-refractivity contribution in [2.24, 2.45) is 0 Å². The Morgan fingerprint density at radius 2 is 1.79 bits per heavy atom. The van der Waals surface area contributed by atoms with E-state index < -0.39 is 17.2 Å². The molecular weight excluding hydrogens is 368 g/mol. The summed E-state index contributed by atoms with van der Waals surface area (Å²) in [5.74, 6) is -0.607. The Morgan fingerprint density at radius 1 is 1.07 bits per heavy atom. The monoisotopic (exact) mass is 392 g/mol. The van der Waals surface area contributed by atoms with Gasteiger partial charge < -0.3 is 5.32 Å². The summed E-state index contributed by atoms with van der Waals surface area (Å²) in [5.41, 5.74) is 1.58. The zero-order chi connectivity index (χ0) is 21.1. The topological polar surface area (TPSA) is 86.0 Å². The van der Waals surface area contributed by atoms with Gasteiger partial charge in [-0.2, -0.15) is 9.78 Å². The molecule has 7 nitrogen and oxygen atoms in total. The van der Waals surface area contributed by atoms with E-state index in [-0.39, 0.29) is 18.3 Å². The van der Waals surface area contributed by atoms with E-state index in [1.165, 1.54) is 0 Å². The van der Waals surface area contributed by atoms with Crippen LogP contribution in [0, 0.1) is 13.8 Å². The third kappa shape index (κ3) is 4.34. The van der Waals surface area contributed by atoms with Crippen LogP contribution in [0.15, 0.2) is 58.1 Å². The summed E-state index contributed by atoms with van der Waals surface area (Å²) in [4.78, 5) is 38.8. The Balaban J connectivity index is 2.24. The van der Waals surface area contributed by atoms with E-state index in [0.29, 0.717) is 5.69 Å². The SMILES string of the molecule is Cc1cccc(-n2nc(C(=O)NC(C)C)c(=O)n(Cc3ccccc3C)c2=O)c1. The van der Waals surface area contributed by atoms with Crippen molar-refractivity contribution in [3.63, 3.8) is 0 Å². The summed E-state index contributed by atoms with van der Waals surface area (Å²) in [5, 5.41) is 6.80. The maximum absolute atomic E-state index is 13.1. The third-order valence-electron chi connectivity index (χ3n) is 4.53. The fraction of sp³-hybridized carbons (Fsp3) is 0.273. The molecule has 29 heavy (non-hydrogen) atoms. The van der Waals surface area contributed by atoms with Gasteiger partial charge in [-0.05, 0) is 56.5 Å². The highest BCUT2D eigenvalue weighted by molar-refractivity contribution is 5.91. The molecule has 1 heterocycles. The first-order chi connectivity index (χ1) is 13.8. The highest BCUT2D eigenvalue weighted by Gasteiger charge is 2.21. The molecule has 0 bridgehead atoms. The average molecular weight is 392 g/mol. The number of aromatic nitrogens is 3. The van der Waals surface area contributed by atoms with Crippen molar-refractivity contribution in [1.29, 1.82) is 0 Å². The van der Waals surface area contributed by atoms with Crippen LogP contribution in [0.1, 0.15) is 41.0 Å². The summed E-state index contributed by atoms with van der Waals surface area (Å²) >= 11 is 0. The zero-order valence-corrected chi connectivity index (χ0v) is 17.0. The normalized spacial score (nSPS) is 10.9. The maximum Gasteiger partial charge on any atom is 0.352 e. The van der Waals surface area contributed by atoms with Gasteiger partial charge in [0, 0.05) is 6.04 Å². The van der Waals surface area contributed by atoms with Crippen molar-refractivity contribution < 1.29 is 4.79 Å². The predicted octanol–water partition coefficient (Wildman–Crippen LogP) is 2.20. The van der Waals surface area contributed by atoms with Crippen molar-refractivity contribution >= 4 is 5.91 Å². The third-order valence-corrected chi connectivity index (χ3v) is 4.53. The first-order valence-corrected chi connectivity index (χ1v) is 9.44.